The van der Waals surface area contributed by atoms with Crippen LogP contribution in [0.2, 0.25) is 0 Å². The van der Waals surface area contributed by atoms with Crippen molar-refractivity contribution in [1.82, 2.24) is 5.32 Å². The molecule has 146 valence electrons. The summed E-state index contributed by atoms with van der Waals surface area (Å²) in [6.07, 6.45) is 1.08. The van der Waals surface area contributed by atoms with E-state index in [-0.39, 0.29) is 18.9 Å². The number of fused-ring (bicyclic) bond motifs is 1. The number of carbonyl (C=O) groups excluding carboxylic acids is 2. The highest BCUT2D eigenvalue weighted by Gasteiger charge is 2.17. The third-order valence-electron chi connectivity index (χ3n) is 4.25. The third-order valence-corrected chi connectivity index (χ3v) is 4.25. The maximum absolute atomic E-state index is 12.1. The highest BCUT2D eigenvalue weighted by Crippen LogP contribution is 2.29. The molecule has 7 nitrogen and oxygen atoms in total. The molecule has 27 heavy (non-hydrogen) atoms. The van der Waals surface area contributed by atoms with Crippen LogP contribution in [-0.4, -0.2) is 24.5 Å². The number of rotatable bonds is 9. The van der Waals surface area contributed by atoms with E-state index in [4.69, 9.17) is 9.15 Å². The molecule has 0 bridgehead atoms. The summed E-state index contributed by atoms with van der Waals surface area (Å²) in [5.74, 6) is -1.05. The van der Waals surface area contributed by atoms with E-state index >= 15 is 0 Å². The zero-order chi connectivity index (χ0) is 20.0. The number of carboxylic acid groups (broad SMARTS) is 1. The predicted octanol–water partition coefficient (Wildman–Crippen LogP) is 1.47. The van der Waals surface area contributed by atoms with Crippen molar-refractivity contribution in [2.75, 3.05) is 6.54 Å². The molecule has 0 fully saturated rings. The molecule has 1 atom stereocenters. The van der Waals surface area contributed by atoms with Crippen molar-refractivity contribution in [1.29, 1.82) is 0 Å². The standard InChI is InChI=1S/C20H25NO6/c1-4-6-14-11-18(24)27-19-12(2)16(9-8-15(14)19)26-13(3)20(25)21-10-5-7-17(22)23/h8-9,11,13H,4-7,10H2,1-3H3,(H,21,25)(H,22,23)/p-1/t13-/m1/s1. The molecule has 0 saturated heterocycles. The number of ether oxygens (including phenoxy) is 1. The van der Waals surface area contributed by atoms with Gasteiger partial charge in [-0.15, -0.1) is 0 Å². The highest BCUT2D eigenvalue weighted by atomic mass is 16.5. The van der Waals surface area contributed by atoms with Crippen molar-refractivity contribution in [3.63, 3.8) is 0 Å². The van der Waals surface area contributed by atoms with E-state index in [9.17, 15) is 19.5 Å². The molecule has 0 spiro atoms. The lowest BCUT2D eigenvalue weighted by Gasteiger charge is -2.17. The third kappa shape index (κ3) is 5.32. The van der Waals surface area contributed by atoms with Crippen molar-refractivity contribution in [3.8, 4) is 5.75 Å². The molecular formula is C20H24NO6-. The second-order valence-electron chi connectivity index (χ2n) is 6.43. The molecule has 2 rings (SSSR count). The summed E-state index contributed by atoms with van der Waals surface area (Å²) in [4.78, 5) is 34.3. The van der Waals surface area contributed by atoms with E-state index in [0.29, 0.717) is 23.3 Å². The van der Waals surface area contributed by atoms with Crippen molar-refractivity contribution in [2.24, 2.45) is 0 Å². The van der Waals surface area contributed by atoms with Crippen molar-refractivity contribution in [2.45, 2.75) is 52.6 Å². The van der Waals surface area contributed by atoms with Crippen LogP contribution in [0.15, 0.2) is 27.4 Å². The quantitative estimate of drug-likeness (QED) is 0.526. The molecule has 7 heteroatoms. The number of aliphatic carboxylic acids is 1. The topological polar surface area (TPSA) is 109 Å². The van der Waals surface area contributed by atoms with Crippen LogP contribution >= 0.6 is 0 Å². The van der Waals surface area contributed by atoms with Gasteiger partial charge in [0.15, 0.2) is 6.10 Å². The average molecular weight is 374 g/mol. The van der Waals surface area contributed by atoms with Gasteiger partial charge in [0.05, 0.1) is 0 Å². The lowest BCUT2D eigenvalue weighted by atomic mass is 10.0. The number of benzene rings is 1. The molecule has 0 radical (unpaired) electrons. The van der Waals surface area contributed by atoms with Gasteiger partial charge >= 0.3 is 5.63 Å². The van der Waals surface area contributed by atoms with Crippen molar-refractivity contribution in [3.05, 3.63) is 39.7 Å². The van der Waals surface area contributed by atoms with Gasteiger partial charge in [-0.3, -0.25) is 4.79 Å². The molecule has 1 aromatic heterocycles. The fourth-order valence-electron chi connectivity index (χ4n) is 2.84. The minimum atomic E-state index is -1.15. The molecule has 0 saturated carbocycles. The van der Waals surface area contributed by atoms with Crippen LogP contribution in [0.4, 0.5) is 0 Å². The Balaban J connectivity index is 2.14. The summed E-state index contributed by atoms with van der Waals surface area (Å²) in [6.45, 7) is 5.65. The van der Waals surface area contributed by atoms with Crippen LogP contribution in [0.1, 0.15) is 44.2 Å². The zero-order valence-electron chi connectivity index (χ0n) is 15.8. The van der Waals surface area contributed by atoms with Crippen LogP contribution < -0.4 is 20.8 Å². The molecule has 1 N–H and O–H groups in total. The Kier molecular flexibility index (Phi) is 6.98. The van der Waals surface area contributed by atoms with Crippen LogP contribution in [0.3, 0.4) is 0 Å². The van der Waals surface area contributed by atoms with E-state index in [1.165, 1.54) is 6.07 Å². The van der Waals surface area contributed by atoms with E-state index < -0.39 is 17.7 Å². The largest absolute Gasteiger partial charge is 0.550 e. The molecule has 0 aliphatic heterocycles. The second-order valence-corrected chi connectivity index (χ2v) is 6.43. The summed E-state index contributed by atoms with van der Waals surface area (Å²) >= 11 is 0. The number of amides is 1. The Bertz CT molecular complexity index is 886. The molecule has 0 aliphatic rings. The van der Waals surface area contributed by atoms with Crippen LogP contribution in [-0.2, 0) is 16.0 Å². The van der Waals surface area contributed by atoms with E-state index in [1.807, 2.05) is 13.0 Å². The first-order valence-electron chi connectivity index (χ1n) is 9.04. The van der Waals surface area contributed by atoms with Gasteiger partial charge in [0, 0.05) is 29.5 Å². The highest BCUT2D eigenvalue weighted by molar-refractivity contribution is 5.85. The molecule has 1 aromatic carbocycles. The molecule has 0 aliphatic carbocycles. The number of hydrogen-bond donors (Lipinski definition) is 1. The fraction of sp³-hybridized carbons (Fsp3) is 0.450. The Morgan fingerprint density at radius 2 is 2.07 bits per heavy atom. The lowest BCUT2D eigenvalue weighted by molar-refractivity contribution is -0.305. The van der Waals surface area contributed by atoms with Gasteiger partial charge in [-0.1, -0.05) is 13.3 Å². The first kappa shape index (κ1) is 20.5. The smallest absolute Gasteiger partial charge is 0.336 e. The van der Waals surface area contributed by atoms with E-state index in [2.05, 4.69) is 5.32 Å². The first-order chi connectivity index (χ1) is 12.8. The molecule has 2 aromatic rings. The monoisotopic (exact) mass is 374 g/mol. The molecule has 1 amide bonds. The van der Waals surface area contributed by atoms with Gasteiger partial charge in [-0.2, -0.15) is 0 Å². The van der Waals surface area contributed by atoms with E-state index in [1.54, 1.807) is 19.9 Å². The van der Waals surface area contributed by atoms with Gasteiger partial charge in [0.25, 0.3) is 5.91 Å². The molecular weight excluding hydrogens is 350 g/mol. The number of hydrogen-bond acceptors (Lipinski definition) is 6. The van der Waals surface area contributed by atoms with Gasteiger partial charge in [0.1, 0.15) is 11.3 Å². The maximum atomic E-state index is 12.1. The van der Waals surface area contributed by atoms with Crippen LogP contribution in [0.25, 0.3) is 11.0 Å². The van der Waals surface area contributed by atoms with Crippen LogP contribution in [0, 0.1) is 6.92 Å². The first-order valence-corrected chi connectivity index (χ1v) is 9.04. The van der Waals surface area contributed by atoms with Gasteiger partial charge in [-0.25, -0.2) is 4.79 Å². The van der Waals surface area contributed by atoms with Crippen molar-refractivity contribution < 1.29 is 23.8 Å². The second kappa shape index (κ2) is 9.21. The number of carboxylic acids is 1. The lowest BCUT2D eigenvalue weighted by Crippen LogP contribution is -2.37. The SMILES string of the molecule is CCCc1cc(=O)oc2c(C)c(O[C@H](C)C(=O)NCCCC(=O)[O-])ccc12. The minimum Gasteiger partial charge on any atom is -0.550 e. The average Bonchev–Trinajstić information content (AvgIpc) is 2.61. The van der Waals surface area contributed by atoms with Gasteiger partial charge in [0.2, 0.25) is 0 Å². The normalized spacial score (nSPS) is 12.0. The Labute approximate surface area is 157 Å². The summed E-state index contributed by atoms with van der Waals surface area (Å²) < 4.78 is 11.1. The Morgan fingerprint density at radius 1 is 1.33 bits per heavy atom. The molecule has 1 heterocycles. The molecule has 0 unspecified atom stereocenters. The number of carbonyl (C=O) groups is 2. The number of nitrogens with one attached hydrogen (secondary N) is 1. The minimum absolute atomic E-state index is 0.113. The fourth-order valence-corrected chi connectivity index (χ4v) is 2.84. The van der Waals surface area contributed by atoms with Gasteiger partial charge in [-0.05, 0) is 50.8 Å². The van der Waals surface area contributed by atoms with Crippen molar-refractivity contribution >= 4 is 22.8 Å². The van der Waals surface area contributed by atoms with Gasteiger partial charge < -0.3 is 24.4 Å². The summed E-state index contributed by atoms with van der Waals surface area (Å²) in [6, 6.07) is 5.10. The van der Waals surface area contributed by atoms with E-state index in [0.717, 1.165) is 23.8 Å². The van der Waals surface area contributed by atoms with Crippen LogP contribution in [0.5, 0.6) is 5.75 Å². The predicted molar refractivity (Wildman–Crippen MR) is 98.6 cm³/mol. The number of aryl methyl sites for hydroxylation is 2. The summed E-state index contributed by atoms with van der Waals surface area (Å²) in [5, 5.41) is 13.9. The summed E-state index contributed by atoms with van der Waals surface area (Å²) in [5.41, 5.74) is 1.63. The zero-order valence-corrected chi connectivity index (χ0v) is 15.8. The Morgan fingerprint density at radius 3 is 2.74 bits per heavy atom. The maximum Gasteiger partial charge on any atom is 0.336 e. The Hall–Kier alpha value is -2.83. The summed E-state index contributed by atoms with van der Waals surface area (Å²) in [7, 11) is 0.